The van der Waals surface area contributed by atoms with Crippen LogP contribution in [-0.2, 0) is 0 Å². The third-order valence-corrected chi connectivity index (χ3v) is 4.01. The van der Waals surface area contributed by atoms with Gasteiger partial charge in [0.15, 0.2) is 0 Å². The van der Waals surface area contributed by atoms with Crippen LogP contribution in [-0.4, -0.2) is 7.11 Å². The summed E-state index contributed by atoms with van der Waals surface area (Å²) >= 11 is 1.36. The number of anilines is 1. The summed E-state index contributed by atoms with van der Waals surface area (Å²) in [6.45, 7) is 4.09. The van der Waals surface area contributed by atoms with Crippen molar-refractivity contribution < 1.29 is 9.13 Å². The van der Waals surface area contributed by atoms with E-state index < -0.39 is 0 Å². The Kier molecular flexibility index (Phi) is 4.00. The molecule has 0 amide bonds. The first-order valence-electron chi connectivity index (χ1n) is 5.89. The number of rotatable bonds is 3. The molecule has 0 aliphatic carbocycles. The van der Waals surface area contributed by atoms with Crippen LogP contribution >= 0.6 is 11.8 Å². The molecule has 2 nitrogen and oxygen atoms in total. The van der Waals surface area contributed by atoms with Gasteiger partial charge in [0.05, 0.1) is 17.7 Å². The first-order valence-corrected chi connectivity index (χ1v) is 6.71. The van der Waals surface area contributed by atoms with Gasteiger partial charge in [0.2, 0.25) is 0 Å². The molecular formula is C15H16FNOS. The van der Waals surface area contributed by atoms with Crippen LogP contribution in [0.25, 0.3) is 0 Å². The van der Waals surface area contributed by atoms with Gasteiger partial charge >= 0.3 is 0 Å². The number of benzene rings is 2. The molecule has 0 heterocycles. The summed E-state index contributed by atoms with van der Waals surface area (Å²) in [6.07, 6.45) is 0. The molecule has 0 atom stereocenters. The number of hydrogen-bond acceptors (Lipinski definition) is 3. The zero-order valence-corrected chi connectivity index (χ0v) is 12.0. The summed E-state index contributed by atoms with van der Waals surface area (Å²) in [5.74, 6) is 0.161. The van der Waals surface area contributed by atoms with E-state index in [9.17, 15) is 4.39 Å². The van der Waals surface area contributed by atoms with Crippen LogP contribution in [0.5, 0.6) is 5.75 Å². The third kappa shape index (κ3) is 3.01. The second kappa shape index (κ2) is 5.53. The summed E-state index contributed by atoms with van der Waals surface area (Å²) in [4.78, 5) is 1.50. The molecule has 0 saturated carbocycles. The molecule has 19 heavy (non-hydrogen) atoms. The van der Waals surface area contributed by atoms with Crippen LogP contribution in [0.2, 0.25) is 0 Å². The molecule has 0 saturated heterocycles. The molecule has 0 unspecified atom stereocenters. The van der Waals surface area contributed by atoms with Gasteiger partial charge in [-0.05, 0) is 43.2 Å². The van der Waals surface area contributed by atoms with Crippen LogP contribution in [0.3, 0.4) is 0 Å². The van der Waals surface area contributed by atoms with E-state index in [1.165, 1.54) is 36.1 Å². The van der Waals surface area contributed by atoms with Crippen molar-refractivity contribution in [2.75, 3.05) is 12.8 Å². The molecule has 0 radical (unpaired) electrons. The van der Waals surface area contributed by atoms with Crippen molar-refractivity contribution in [1.29, 1.82) is 0 Å². The number of halogens is 1. The van der Waals surface area contributed by atoms with E-state index in [1.54, 1.807) is 6.07 Å². The fraction of sp³-hybridized carbons (Fsp3) is 0.200. The Morgan fingerprint density at radius 3 is 2.47 bits per heavy atom. The van der Waals surface area contributed by atoms with Crippen molar-refractivity contribution in [3.63, 3.8) is 0 Å². The minimum absolute atomic E-state index is 0.310. The van der Waals surface area contributed by atoms with E-state index in [0.29, 0.717) is 16.3 Å². The summed E-state index contributed by atoms with van der Waals surface area (Å²) < 4.78 is 19.0. The Labute approximate surface area is 116 Å². The van der Waals surface area contributed by atoms with Crippen LogP contribution in [0.4, 0.5) is 10.1 Å². The largest absolute Gasteiger partial charge is 0.495 e. The molecule has 0 aliphatic heterocycles. The smallest absolute Gasteiger partial charge is 0.143 e. The highest BCUT2D eigenvalue weighted by atomic mass is 32.2. The predicted octanol–water partition coefficient (Wildman–Crippen LogP) is 4.18. The Morgan fingerprint density at radius 1 is 1.11 bits per heavy atom. The number of methoxy groups -OCH3 is 1. The van der Waals surface area contributed by atoms with E-state index in [0.717, 1.165) is 4.90 Å². The van der Waals surface area contributed by atoms with E-state index in [1.807, 2.05) is 25.1 Å². The first kappa shape index (κ1) is 13.7. The Morgan fingerprint density at radius 2 is 1.84 bits per heavy atom. The molecule has 2 N–H and O–H groups in total. The maximum absolute atomic E-state index is 13.9. The minimum Gasteiger partial charge on any atom is -0.495 e. The summed E-state index contributed by atoms with van der Waals surface area (Å²) in [5, 5.41) is 0. The number of nitrogens with two attached hydrogens (primary N) is 1. The Balaban J connectivity index is 2.34. The van der Waals surface area contributed by atoms with E-state index in [-0.39, 0.29) is 5.82 Å². The van der Waals surface area contributed by atoms with Gasteiger partial charge in [0.1, 0.15) is 11.6 Å². The summed E-state index contributed by atoms with van der Waals surface area (Å²) in [6, 6.07) is 8.98. The maximum Gasteiger partial charge on any atom is 0.143 e. The van der Waals surface area contributed by atoms with Crippen molar-refractivity contribution in [3.05, 3.63) is 47.3 Å². The lowest BCUT2D eigenvalue weighted by atomic mass is 10.1. The highest BCUT2D eigenvalue weighted by Crippen LogP contribution is 2.35. The molecule has 0 aromatic heterocycles. The zero-order valence-electron chi connectivity index (χ0n) is 11.2. The normalized spacial score (nSPS) is 10.5. The van der Waals surface area contributed by atoms with E-state index >= 15 is 0 Å². The number of aryl methyl sites for hydroxylation is 2. The molecule has 2 rings (SSSR count). The quantitative estimate of drug-likeness (QED) is 0.855. The average molecular weight is 277 g/mol. The second-order valence-corrected chi connectivity index (χ2v) is 5.49. The molecular weight excluding hydrogens is 261 g/mol. The van der Waals surface area contributed by atoms with Crippen LogP contribution in [0.15, 0.2) is 40.1 Å². The standard InChI is InChI=1S/C15H16FNOS/c1-9-4-5-11(6-10(9)2)19-15-8-14(18-3)13(17)7-12(15)16/h4-8H,17H2,1-3H3. The molecule has 0 bridgehead atoms. The van der Waals surface area contributed by atoms with Crippen molar-refractivity contribution in [2.45, 2.75) is 23.6 Å². The second-order valence-electron chi connectivity index (χ2n) is 4.37. The number of hydrogen-bond donors (Lipinski definition) is 1. The van der Waals surface area contributed by atoms with Crippen molar-refractivity contribution in [2.24, 2.45) is 0 Å². The zero-order chi connectivity index (χ0) is 14.0. The molecule has 2 aromatic rings. The van der Waals surface area contributed by atoms with Gasteiger partial charge in [-0.25, -0.2) is 4.39 Å². The summed E-state index contributed by atoms with van der Waals surface area (Å²) in [5.41, 5.74) is 8.38. The molecule has 0 spiro atoms. The van der Waals surface area contributed by atoms with Gasteiger partial charge < -0.3 is 10.5 Å². The lowest BCUT2D eigenvalue weighted by Gasteiger charge is -2.09. The molecule has 2 aromatic carbocycles. The average Bonchev–Trinajstić information content (AvgIpc) is 2.37. The Hall–Kier alpha value is -1.68. The third-order valence-electron chi connectivity index (χ3n) is 2.99. The van der Waals surface area contributed by atoms with E-state index in [2.05, 4.69) is 6.92 Å². The SMILES string of the molecule is COc1cc(Sc2ccc(C)c(C)c2)c(F)cc1N. The van der Waals surface area contributed by atoms with Crippen LogP contribution in [0.1, 0.15) is 11.1 Å². The van der Waals surface area contributed by atoms with E-state index in [4.69, 9.17) is 10.5 Å². The van der Waals surface area contributed by atoms with Crippen molar-refractivity contribution >= 4 is 17.4 Å². The van der Waals surface area contributed by atoms with Gasteiger partial charge in [0.25, 0.3) is 0 Å². The topological polar surface area (TPSA) is 35.2 Å². The van der Waals surface area contributed by atoms with Crippen molar-refractivity contribution in [1.82, 2.24) is 0 Å². The minimum atomic E-state index is -0.332. The van der Waals surface area contributed by atoms with Gasteiger partial charge in [-0.15, -0.1) is 0 Å². The van der Waals surface area contributed by atoms with Gasteiger partial charge in [-0.3, -0.25) is 0 Å². The monoisotopic (exact) mass is 277 g/mol. The first-order chi connectivity index (χ1) is 9.01. The number of ether oxygens (including phenoxy) is 1. The fourth-order valence-corrected chi connectivity index (χ4v) is 2.66. The maximum atomic E-state index is 13.9. The lowest BCUT2D eigenvalue weighted by molar-refractivity contribution is 0.414. The molecule has 4 heteroatoms. The van der Waals surface area contributed by atoms with Gasteiger partial charge in [-0.1, -0.05) is 17.8 Å². The van der Waals surface area contributed by atoms with Crippen LogP contribution in [0, 0.1) is 19.7 Å². The molecule has 0 aliphatic rings. The fourth-order valence-electron chi connectivity index (χ4n) is 1.71. The van der Waals surface area contributed by atoms with Crippen molar-refractivity contribution in [3.8, 4) is 5.75 Å². The highest BCUT2D eigenvalue weighted by molar-refractivity contribution is 7.99. The number of nitrogen functional groups attached to an aromatic ring is 1. The lowest BCUT2D eigenvalue weighted by Crippen LogP contribution is -1.94. The molecule has 0 fully saturated rings. The Bertz CT molecular complexity index is 613. The van der Waals surface area contributed by atoms with Crippen LogP contribution < -0.4 is 10.5 Å². The summed E-state index contributed by atoms with van der Waals surface area (Å²) in [7, 11) is 1.52. The van der Waals surface area contributed by atoms with Gasteiger partial charge in [-0.2, -0.15) is 0 Å². The van der Waals surface area contributed by atoms with Gasteiger partial charge in [0, 0.05) is 11.0 Å². The molecule has 100 valence electrons. The predicted molar refractivity (Wildman–Crippen MR) is 77.4 cm³/mol. The highest BCUT2D eigenvalue weighted by Gasteiger charge is 2.10.